The van der Waals surface area contributed by atoms with Gasteiger partial charge in [-0.05, 0) is 98.9 Å². The van der Waals surface area contributed by atoms with Crippen LogP contribution in [-0.4, -0.2) is 4.98 Å². The summed E-state index contributed by atoms with van der Waals surface area (Å²) in [6, 6.07) is 73.0. The molecule has 59 heavy (non-hydrogen) atoms. The second kappa shape index (κ2) is 13.3. The average Bonchev–Trinajstić information content (AvgIpc) is 3.91. The first-order chi connectivity index (χ1) is 29.2. The third-order valence-corrected chi connectivity index (χ3v) is 11.7. The van der Waals surface area contributed by atoms with Crippen LogP contribution in [0, 0.1) is 0 Å². The topological polar surface area (TPSA) is 42.4 Å². The van der Waals surface area contributed by atoms with E-state index in [0.717, 1.165) is 94.1 Å². The van der Waals surface area contributed by atoms with E-state index < -0.39 is 0 Å². The minimum absolute atomic E-state index is 0.628. The molecular weight excluding hydrogens is 721 g/mol. The van der Waals surface area contributed by atoms with Crippen LogP contribution >= 0.6 is 0 Å². The van der Waals surface area contributed by atoms with Crippen LogP contribution in [-0.2, 0) is 0 Å². The van der Waals surface area contributed by atoms with Gasteiger partial charge in [0.2, 0.25) is 5.89 Å². The van der Waals surface area contributed by atoms with Gasteiger partial charge in [0, 0.05) is 50.1 Å². The first kappa shape index (κ1) is 33.2. The maximum absolute atomic E-state index is 6.48. The Kier molecular flexibility index (Phi) is 7.50. The van der Waals surface area contributed by atoms with E-state index in [9.17, 15) is 0 Å². The minimum Gasteiger partial charge on any atom is -0.456 e. The molecule has 0 atom stereocenters. The summed E-state index contributed by atoms with van der Waals surface area (Å²) in [5, 5.41) is 9.06. The molecule has 0 aliphatic rings. The van der Waals surface area contributed by atoms with Crippen LogP contribution in [0.3, 0.4) is 0 Å². The molecule has 0 spiro atoms. The Morgan fingerprint density at radius 2 is 1.00 bits per heavy atom. The zero-order valence-electron chi connectivity index (χ0n) is 31.8. The summed E-state index contributed by atoms with van der Waals surface area (Å²) in [6.45, 7) is 0. The highest BCUT2D eigenvalue weighted by Gasteiger charge is 2.22. The fourth-order valence-electron chi connectivity index (χ4n) is 8.75. The van der Waals surface area contributed by atoms with Crippen molar-refractivity contribution in [2.24, 2.45) is 0 Å². The number of anilines is 3. The Morgan fingerprint density at radius 3 is 1.88 bits per heavy atom. The highest BCUT2D eigenvalue weighted by molar-refractivity contribution is 6.10. The SMILES string of the molecule is c1ccc(-c2ccc3ccccc3c2N(c2ccc(-c3ccc4c(ccc5nc(-c6ccc7ccccc7c6)oc54)c3)cc2)c2ccc3c(c2)oc2ccccc23)cc1. The van der Waals surface area contributed by atoms with Crippen molar-refractivity contribution in [3.05, 3.63) is 206 Å². The third kappa shape index (κ3) is 5.57. The molecule has 0 aliphatic carbocycles. The van der Waals surface area contributed by atoms with Gasteiger partial charge in [-0.3, -0.25) is 0 Å². The lowest BCUT2D eigenvalue weighted by Crippen LogP contribution is -2.12. The molecule has 0 amide bonds. The number of furan rings is 1. The summed E-state index contributed by atoms with van der Waals surface area (Å²) in [6.07, 6.45) is 0. The maximum Gasteiger partial charge on any atom is 0.227 e. The number of oxazole rings is 1. The van der Waals surface area contributed by atoms with Crippen molar-refractivity contribution in [3.63, 3.8) is 0 Å². The molecule has 276 valence electrons. The van der Waals surface area contributed by atoms with Gasteiger partial charge in [0.15, 0.2) is 5.58 Å². The fraction of sp³-hybridized carbons (Fsp3) is 0. The quantitative estimate of drug-likeness (QED) is 0.170. The van der Waals surface area contributed by atoms with E-state index in [-0.39, 0.29) is 0 Å². The van der Waals surface area contributed by atoms with Crippen molar-refractivity contribution in [2.45, 2.75) is 0 Å². The minimum atomic E-state index is 0.628. The van der Waals surface area contributed by atoms with Crippen LogP contribution < -0.4 is 4.90 Å². The van der Waals surface area contributed by atoms with Crippen LogP contribution in [0.4, 0.5) is 17.1 Å². The van der Waals surface area contributed by atoms with Crippen molar-refractivity contribution >= 4 is 82.4 Å². The molecule has 0 aliphatic heterocycles. The summed E-state index contributed by atoms with van der Waals surface area (Å²) in [5.41, 5.74) is 12.1. The highest BCUT2D eigenvalue weighted by atomic mass is 16.3. The van der Waals surface area contributed by atoms with Crippen LogP contribution in [0.2, 0.25) is 0 Å². The van der Waals surface area contributed by atoms with Gasteiger partial charge in [-0.2, -0.15) is 0 Å². The van der Waals surface area contributed by atoms with E-state index in [0.29, 0.717) is 5.89 Å². The Labute approximate surface area is 339 Å². The van der Waals surface area contributed by atoms with Crippen molar-refractivity contribution < 1.29 is 8.83 Å². The Hall–Kier alpha value is -7.95. The van der Waals surface area contributed by atoms with Crippen LogP contribution in [0.25, 0.3) is 99.1 Å². The number of rotatable bonds is 6. The second-order valence-electron chi connectivity index (χ2n) is 15.1. The second-order valence-corrected chi connectivity index (χ2v) is 15.1. The average molecular weight is 755 g/mol. The lowest BCUT2D eigenvalue weighted by molar-refractivity contribution is 0.623. The van der Waals surface area contributed by atoms with Gasteiger partial charge in [0.05, 0.1) is 5.69 Å². The van der Waals surface area contributed by atoms with E-state index in [1.807, 2.05) is 12.1 Å². The Bertz CT molecular complexity index is 3560. The summed E-state index contributed by atoms with van der Waals surface area (Å²) >= 11 is 0. The summed E-state index contributed by atoms with van der Waals surface area (Å²) in [7, 11) is 0. The third-order valence-electron chi connectivity index (χ3n) is 11.7. The molecule has 0 saturated carbocycles. The first-order valence-electron chi connectivity index (χ1n) is 19.9. The summed E-state index contributed by atoms with van der Waals surface area (Å²) in [4.78, 5) is 7.28. The van der Waals surface area contributed by atoms with Crippen molar-refractivity contribution in [3.8, 4) is 33.7 Å². The van der Waals surface area contributed by atoms with Gasteiger partial charge in [-0.15, -0.1) is 0 Å². The van der Waals surface area contributed by atoms with Gasteiger partial charge in [0.1, 0.15) is 16.7 Å². The van der Waals surface area contributed by atoms with E-state index in [1.54, 1.807) is 0 Å². The first-order valence-corrected chi connectivity index (χ1v) is 19.9. The Morgan fingerprint density at radius 1 is 0.356 bits per heavy atom. The van der Waals surface area contributed by atoms with Crippen molar-refractivity contribution in [2.75, 3.05) is 4.90 Å². The zero-order chi connectivity index (χ0) is 38.9. The van der Waals surface area contributed by atoms with E-state index in [2.05, 4.69) is 199 Å². The summed E-state index contributed by atoms with van der Waals surface area (Å²) < 4.78 is 12.9. The molecule has 4 heteroatoms. The number of aromatic nitrogens is 1. The number of benzene rings is 10. The van der Waals surface area contributed by atoms with Gasteiger partial charge >= 0.3 is 0 Å². The predicted octanol–water partition coefficient (Wildman–Crippen LogP) is 15.7. The molecule has 4 nitrogen and oxygen atoms in total. The molecule has 0 N–H and O–H groups in total. The molecule has 12 aromatic rings. The monoisotopic (exact) mass is 754 g/mol. The normalized spacial score (nSPS) is 11.7. The number of fused-ring (bicyclic) bond motifs is 8. The lowest BCUT2D eigenvalue weighted by Gasteiger charge is -2.29. The van der Waals surface area contributed by atoms with E-state index in [4.69, 9.17) is 13.8 Å². The number of hydrogen-bond acceptors (Lipinski definition) is 4. The van der Waals surface area contributed by atoms with E-state index in [1.165, 1.54) is 16.2 Å². The van der Waals surface area contributed by atoms with Crippen molar-refractivity contribution in [1.29, 1.82) is 0 Å². The van der Waals surface area contributed by atoms with Crippen molar-refractivity contribution in [1.82, 2.24) is 4.98 Å². The lowest BCUT2D eigenvalue weighted by atomic mass is 9.96. The number of para-hydroxylation sites is 1. The van der Waals surface area contributed by atoms with Crippen LogP contribution in [0.5, 0.6) is 0 Å². The molecule has 2 aromatic heterocycles. The number of nitrogens with zero attached hydrogens (tertiary/aromatic N) is 2. The smallest absolute Gasteiger partial charge is 0.227 e. The zero-order valence-corrected chi connectivity index (χ0v) is 31.8. The molecule has 12 rings (SSSR count). The molecular formula is C55H34N2O2. The number of hydrogen-bond donors (Lipinski definition) is 0. The predicted molar refractivity (Wildman–Crippen MR) is 245 cm³/mol. The molecule has 0 radical (unpaired) electrons. The molecule has 2 heterocycles. The molecule has 0 unspecified atom stereocenters. The van der Waals surface area contributed by atoms with Gasteiger partial charge in [-0.1, -0.05) is 140 Å². The van der Waals surface area contributed by atoms with E-state index >= 15 is 0 Å². The van der Waals surface area contributed by atoms with Crippen LogP contribution in [0.15, 0.2) is 215 Å². The van der Waals surface area contributed by atoms with Gasteiger partial charge in [-0.25, -0.2) is 4.98 Å². The molecule has 0 bridgehead atoms. The molecule has 10 aromatic carbocycles. The molecule has 0 saturated heterocycles. The van der Waals surface area contributed by atoms with Gasteiger partial charge in [0.25, 0.3) is 0 Å². The van der Waals surface area contributed by atoms with Crippen LogP contribution in [0.1, 0.15) is 0 Å². The fourth-order valence-corrected chi connectivity index (χ4v) is 8.75. The largest absolute Gasteiger partial charge is 0.456 e. The van der Waals surface area contributed by atoms with Gasteiger partial charge < -0.3 is 13.7 Å². The highest BCUT2D eigenvalue weighted by Crippen LogP contribution is 2.47. The maximum atomic E-state index is 6.48. The molecule has 0 fully saturated rings. The Balaban J connectivity index is 0.975. The summed E-state index contributed by atoms with van der Waals surface area (Å²) in [5.74, 6) is 0.628. The standard InChI is InChI=1S/C55H34N2O2/c1-2-11-37(12-3-1)46-28-22-38-13-6-7-15-45(38)53(46)57(44-27-30-49-48-16-8-9-17-51(48)58-52(49)34-44)43-25-20-36(21-26-43)40-23-29-47-41(32-40)24-31-50-54(47)59-55(56-50)42-19-18-35-10-4-5-14-39(35)33-42/h1-34H.